The Morgan fingerprint density at radius 1 is 1.21 bits per heavy atom. The summed E-state index contributed by atoms with van der Waals surface area (Å²) < 4.78 is 10.9. The molecule has 19 heavy (non-hydrogen) atoms. The third-order valence-corrected chi connectivity index (χ3v) is 4.08. The van der Waals surface area contributed by atoms with Crippen molar-refractivity contribution in [1.29, 1.82) is 0 Å². The highest BCUT2D eigenvalue weighted by Gasteiger charge is 2.40. The van der Waals surface area contributed by atoms with Crippen LogP contribution in [0.2, 0.25) is 0 Å². The number of rotatable bonds is 3. The number of hydrogen-bond acceptors (Lipinski definition) is 3. The average molecular weight is 262 g/mol. The molecular weight excluding hydrogens is 240 g/mol. The predicted molar refractivity (Wildman–Crippen MR) is 76.5 cm³/mol. The zero-order valence-electron chi connectivity index (χ0n) is 12.3. The van der Waals surface area contributed by atoms with E-state index in [-0.39, 0.29) is 5.92 Å². The van der Waals surface area contributed by atoms with Crippen LogP contribution in [0.3, 0.4) is 0 Å². The van der Waals surface area contributed by atoms with Crippen LogP contribution in [-0.4, -0.2) is 19.3 Å². The predicted octanol–water partition coefficient (Wildman–Crippen LogP) is 3.35. The first-order valence-electron chi connectivity index (χ1n) is 6.64. The Hall–Kier alpha value is -1.48. The molecule has 3 nitrogen and oxygen atoms in total. The minimum Gasteiger partial charge on any atom is -0.496 e. The van der Waals surface area contributed by atoms with Gasteiger partial charge < -0.3 is 14.6 Å². The molecule has 2 atom stereocenters. The third-order valence-electron chi connectivity index (χ3n) is 4.08. The zero-order valence-corrected chi connectivity index (χ0v) is 12.3. The fraction of sp³-hybridized carbons (Fsp3) is 0.500. The summed E-state index contributed by atoms with van der Waals surface area (Å²) in [6, 6.07) is 3.74. The Kier molecular flexibility index (Phi) is 3.59. The molecule has 1 aromatic carbocycles. The number of hydrogen-bond donors (Lipinski definition) is 1. The largest absolute Gasteiger partial charge is 0.496 e. The number of benzene rings is 1. The van der Waals surface area contributed by atoms with Crippen molar-refractivity contribution in [2.24, 2.45) is 5.92 Å². The number of methoxy groups -OCH3 is 2. The summed E-state index contributed by atoms with van der Waals surface area (Å²) in [5, 5.41) is 11.0. The van der Waals surface area contributed by atoms with Crippen LogP contribution in [0.1, 0.15) is 38.3 Å². The van der Waals surface area contributed by atoms with Gasteiger partial charge in [-0.1, -0.05) is 13.0 Å². The molecule has 3 heteroatoms. The quantitative estimate of drug-likeness (QED) is 0.907. The molecule has 0 unspecified atom stereocenters. The second-order valence-corrected chi connectivity index (χ2v) is 5.23. The van der Waals surface area contributed by atoms with Gasteiger partial charge in [-0.05, 0) is 38.0 Å². The molecule has 1 aromatic rings. The van der Waals surface area contributed by atoms with E-state index in [0.717, 1.165) is 28.9 Å². The van der Waals surface area contributed by atoms with Crippen LogP contribution in [0.25, 0.3) is 5.57 Å². The molecule has 1 N–H and O–H groups in total. The van der Waals surface area contributed by atoms with Crippen LogP contribution >= 0.6 is 0 Å². The summed E-state index contributed by atoms with van der Waals surface area (Å²) in [7, 11) is 3.28. The summed E-state index contributed by atoms with van der Waals surface area (Å²) in [4.78, 5) is 0. The molecular formula is C16H22O3. The van der Waals surface area contributed by atoms with E-state index >= 15 is 0 Å². The summed E-state index contributed by atoms with van der Waals surface area (Å²) >= 11 is 0. The summed E-state index contributed by atoms with van der Waals surface area (Å²) in [6.45, 7) is 5.99. The average Bonchev–Trinajstić information content (AvgIpc) is 2.41. The molecule has 0 spiro atoms. The van der Waals surface area contributed by atoms with Gasteiger partial charge in [-0.15, -0.1) is 0 Å². The highest BCUT2D eigenvalue weighted by molar-refractivity contribution is 5.77. The Balaban J connectivity index is 2.78. The van der Waals surface area contributed by atoms with Gasteiger partial charge in [0.1, 0.15) is 11.5 Å². The van der Waals surface area contributed by atoms with Gasteiger partial charge in [0.25, 0.3) is 0 Å². The molecule has 0 saturated heterocycles. The van der Waals surface area contributed by atoms with E-state index < -0.39 is 5.60 Å². The molecule has 104 valence electrons. The second kappa shape index (κ2) is 4.89. The van der Waals surface area contributed by atoms with E-state index in [1.54, 1.807) is 14.2 Å². The Morgan fingerprint density at radius 2 is 1.79 bits per heavy atom. The third kappa shape index (κ3) is 2.02. The van der Waals surface area contributed by atoms with Crippen LogP contribution in [0, 0.1) is 5.92 Å². The van der Waals surface area contributed by atoms with Crippen LogP contribution in [0.4, 0.5) is 0 Å². The van der Waals surface area contributed by atoms with Gasteiger partial charge in [-0.2, -0.15) is 0 Å². The Labute approximate surface area is 114 Å². The molecule has 0 heterocycles. The summed E-state index contributed by atoms with van der Waals surface area (Å²) in [5.74, 6) is 1.58. The van der Waals surface area contributed by atoms with E-state index in [2.05, 4.69) is 19.9 Å². The van der Waals surface area contributed by atoms with Gasteiger partial charge in [0.2, 0.25) is 0 Å². The molecule has 1 aliphatic carbocycles. The van der Waals surface area contributed by atoms with Gasteiger partial charge in [0.15, 0.2) is 0 Å². The molecule has 0 amide bonds. The standard InChI is InChI=1S/C16H22O3/c1-6-11-9-10(2)14-12(18-4)7-8-13(19-5)15(14)16(11,3)17/h7-9,11,17H,6H2,1-5H3/t11-,16+/m1/s1. The number of allylic oxidation sites excluding steroid dienone is 1. The molecule has 0 fully saturated rings. The normalized spacial score (nSPS) is 25.6. The minimum atomic E-state index is -0.941. The maximum absolute atomic E-state index is 11.0. The van der Waals surface area contributed by atoms with Crippen molar-refractivity contribution < 1.29 is 14.6 Å². The number of ether oxygens (including phenoxy) is 2. The lowest BCUT2D eigenvalue weighted by atomic mass is 9.72. The summed E-state index contributed by atoms with van der Waals surface area (Å²) in [5.41, 5.74) is 1.98. The lowest BCUT2D eigenvalue weighted by Gasteiger charge is -2.38. The van der Waals surface area contributed by atoms with Crippen LogP contribution in [-0.2, 0) is 5.60 Å². The van der Waals surface area contributed by atoms with Crippen molar-refractivity contribution in [3.63, 3.8) is 0 Å². The van der Waals surface area contributed by atoms with Gasteiger partial charge in [-0.25, -0.2) is 0 Å². The van der Waals surface area contributed by atoms with Crippen molar-refractivity contribution >= 4 is 5.57 Å². The van der Waals surface area contributed by atoms with E-state index in [4.69, 9.17) is 9.47 Å². The Morgan fingerprint density at radius 3 is 2.32 bits per heavy atom. The molecule has 1 aliphatic rings. The molecule has 2 rings (SSSR count). The Bertz CT molecular complexity index is 515. The fourth-order valence-electron chi connectivity index (χ4n) is 3.05. The second-order valence-electron chi connectivity index (χ2n) is 5.23. The first-order chi connectivity index (χ1) is 8.97. The van der Waals surface area contributed by atoms with Crippen molar-refractivity contribution in [1.82, 2.24) is 0 Å². The van der Waals surface area contributed by atoms with Crippen molar-refractivity contribution in [2.75, 3.05) is 14.2 Å². The minimum absolute atomic E-state index is 0.0843. The van der Waals surface area contributed by atoms with E-state index in [1.165, 1.54) is 0 Å². The monoisotopic (exact) mass is 262 g/mol. The van der Waals surface area contributed by atoms with Crippen LogP contribution in [0.5, 0.6) is 11.5 Å². The number of fused-ring (bicyclic) bond motifs is 1. The van der Waals surface area contributed by atoms with E-state index in [1.807, 2.05) is 19.1 Å². The molecule has 0 bridgehead atoms. The van der Waals surface area contributed by atoms with Crippen LogP contribution < -0.4 is 9.47 Å². The van der Waals surface area contributed by atoms with Gasteiger partial charge in [0.05, 0.1) is 19.8 Å². The first kappa shape index (κ1) is 13.9. The fourth-order valence-corrected chi connectivity index (χ4v) is 3.05. The molecule has 0 radical (unpaired) electrons. The van der Waals surface area contributed by atoms with Gasteiger partial charge in [-0.3, -0.25) is 0 Å². The molecule has 0 saturated carbocycles. The highest BCUT2D eigenvalue weighted by atomic mass is 16.5. The van der Waals surface area contributed by atoms with Crippen molar-refractivity contribution in [3.8, 4) is 11.5 Å². The topological polar surface area (TPSA) is 38.7 Å². The summed E-state index contributed by atoms with van der Waals surface area (Å²) in [6.07, 6.45) is 3.01. The van der Waals surface area contributed by atoms with E-state index in [0.29, 0.717) is 5.75 Å². The van der Waals surface area contributed by atoms with E-state index in [9.17, 15) is 5.11 Å². The molecule has 0 aromatic heterocycles. The zero-order chi connectivity index (χ0) is 14.2. The SMILES string of the molecule is CC[C@@H]1C=C(C)c2c(OC)ccc(OC)c2[C@@]1(C)O. The molecule has 0 aliphatic heterocycles. The van der Waals surface area contributed by atoms with Crippen molar-refractivity contribution in [2.45, 2.75) is 32.8 Å². The van der Waals surface area contributed by atoms with Crippen molar-refractivity contribution in [3.05, 3.63) is 29.3 Å². The maximum atomic E-state index is 11.0. The highest BCUT2D eigenvalue weighted by Crippen LogP contribution is 2.49. The maximum Gasteiger partial charge on any atom is 0.126 e. The van der Waals surface area contributed by atoms with Crippen LogP contribution in [0.15, 0.2) is 18.2 Å². The first-order valence-corrected chi connectivity index (χ1v) is 6.64. The smallest absolute Gasteiger partial charge is 0.126 e. The lowest BCUT2D eigenvalue weighted by Crippen LogP contribution is -2.34. The number of aliphatic hydroxyl groups is 1. The van der Waals surface area contributed by atoms with Gasteiger partial charge >= 0.3 is 0 Å². The lowest BCUT2D eigenvalue weighted by molar-refractivity contribution is 0.00782. The van der Waals surface area contributed by atoms with Gasteiger partial charge in [0, 0.05) is 17.0 Å².